The SMILES string of the molecule is Cc1nc(-c2ccsc2)ccc1C(=O)N[C@H]1CCCNC1. The fourth-order valence-corrected chi connectivity index (χ4v) is 3.26. The maximum atomic E-state index is 12.4. The first kappa shape index (κ1) is 14.2. The molecular weight excluding hydrogens is 282 g/mol. The second-order valence-electron chi connectivity index (χ2n) is 5.36. The van der Waals surface area contributed by atoms with Crippen molar-refractivity contribution in [3.63, 3.8) is 0 Å². The summed E-state index contributed by atoms with van der Waals surface area (Å²) in [6.45, 7) is 3.79. The Kier molecular flexibility index (Phi) is 4.31. The van der Waals surface area contributed by atoms with Gasteiger partial charge in [0.25, 0.3) is 5.91 Å². The van der Waals surface area contributed by atoms with Crippen molar-refractivity contribution < 1.29 is 4.79 Å². The van der Waals surface area contributed by atoms with Gasteiger partial charge in [0.05, 0.1) is 17.0 Å². The molecule has 0 saturated carbocycles. The number of hydrogen-bond acceptors (Lipinski definition) is 4. The van der Waals surface area contributed by atoms with Crippen LogP contribution in [0, 0.1) is 6.92 Å². The Balaban J connectivity index is 1.74. The second-order valence-corrected chi connectivity index (χ2v) is 6.14. The van der Waals surface area contributed by atoms with Gasteiger partial charge in [0.15, 0.2) is 0 Å². The minimum absolute atomic E-state index is 0.0226. The lowest BCUT2D eigenvalue weighted by Gasteiger charge is -2.24. The van der Waals surface area contributed by atoms with Gasteiger partial charge in [-0.1, -0.05) is 0 Å². The van der Waals surface area contributed by atoms with E-state index in [0.29, 0.717) is 5.56 Å². The summed E-state index contributed by atoms with van der Waals surface area (Å²) in [6.07, 6.45) is 2.15. The van der Waals surface area contributed by atoms with Gasteiger partial charge in [0.1, 0.15) is 0 Å². The fourth-order valence-electron chi connectivity index (χ4n) is 2.61. The Morgan fingerprint density at radius 2 is 2.33 bits per heavy atom. The summed E-state index contributed by atoms with van der Waals surface area (Å²) in [5.74, 6) is -0.0226. The van der Waals surface area contributed by atoms with Crippen LogP contribution in [-0.4, -0.2) is 30.0 Å². The van der Waals surface area contributed by atoms with Crippen LogP contribution in [0.4, 0.5) is 0 Å². The van der Waals surface area contributed by atoms with Gasteiger partial charge < -0.3 is 10.6 Å². The highest BCUT2D eigenvalue weighted by Gasteiger charge is 2.18. The third kappa shape index (κ3) is 3.31. The molecule has 110 valence electrons. The Labute approximate surface area is 128 Å². The molecular formula is C16H19N3OS. The molecule has 0 unspecified atom stereocenters. The Morgan fingerprint density at radius 3 is 3.00 bits per heavy atom. The van der Waals surface area contributed by atoms with Crippen LogP contribution in [0.5, 0.6) is 0 Å². The van der Waals surface area contributed by atoms with E-state index in [1.807, 2.05) is 30.5 Å². The summed E-state index contributed by atoms with van der Waals surface area (Å²) in [7, 11) is 0. The van der Waals surface area contributed by atoms with Gasteiger partial charge in [0, 0.05) is 23.5 Å². The molecule has 1 aliphatic rings. The molecule has 1 amide bonds. The van der Waals surface area contributed by atoms with Crippen LogP contribution >= 0.6 is 11.3 Å². The number of carbonyl (C=O) groups is 1. The molecule has 1 fully saturated rings. The fraction of sp³-hybridized carbons (Fsp3) is 0.375. The highest BCUT2D eigenvalue weighted by atomic mass is 32.1. The molecule has 0 bridgehead atoms. The minimum atomic E-state index is -0.0226. The van der Waals surface area contributed by atoms with E-state index in [1.165, 1.54) is 0 Å². The average Bonchev–Trinajstić information content (AvgIpc) is 3.02. The maximum Gasteiger partial charge on any atom is 0.253 e. The lowest BCUT2D eigenvalue weighted by molar-refractivity contribution is 0.0929. The number of hydrogen-bond donors (Lipinski definition) is 2. The Bertz CT molecular complexity index is 618. The van der Waals surface area contributed by atoms with Crippen molar-refractivity contribution in [3.8, 4) is 11.3 Å². The molecule has 3 rings (SSSR count). The molecule has 0 aliphatic carbocycles. The number of amides is 1. The van der Waals surface area contributed by atoms with Crippen LogP contribution < -0.4 is 10.6 Å². The van der Waals surface area contributed by atoms with Crippen LogP contribution in [0.2, 0.25) is 0 Å². The van der Waals surface area contributed by atoms with E-state index in [0.717, 1.165) is 42.9 Å². The van der Waals surface area contributed by atoms with Crippen molar-refractivity contribution >= 4 is 17.2 Å². The molecule has 2 N–H and O–H groups in total. The van der Waals surface area contributed by atoms with Gasteiger partial charge in [-0.25, -0.2) is 0 Å². The first-order valence-electron chi connectivity index (χ1n) is 7.26. The lowest BCUT2D eigenvalue weighted by Crippen LogP contribution is -2.45. The molecule has 2 aromatic heterocycles. The number of thiophene rings is 1. The highest BCUT2D eigenvalue weighted by molar-refractivity contribution is 7.08. The zero-order valence-corrected chi connectivity index (χ0v) is 12.9. The van der Waals surface area contributed by atoms with Crippen LogP contribution in [0.1, 0.15) is 28.9 Å². The van der Waals surface area contributed by atoms with Crippen LogP contribution in [0.15, 0.2) is 29.0 Å². The van der Waals surface area contributed by atoms with Crippen LogP contribution in [-0.2, 0) is 0 Å². The zero-order chi connectivity index (χ0) is 14.7. The van der Waals surface area contributed by atoms with Crippen molar-refractivity contribution in [2.24, 2.45) is 0 Å². The first-order chi connectivity index (χ1) is 10.2. The number of rotatable bonds is 3. The third-order valence-corrected chi connectivity index (χ3v) is 4.46. The number of pyridine rings is 1. The quantitative estimate of drug-likeness (QED) is 0.916. The van der Waals surface area contributed by atoms with Gasteiger partial charge in [0.2, 0.25) is 0 Å². The molecule has 0 aromatic carbocycles. The summed E-state index contributed by atoms with van der Waals surface area (Å²) >= 11 is 1.65. The number of piperidine rings is 1. The zero-order valence-electron chi connectivity index (χ0n) is 12.1. The van der Waals surface area contributed by atoms with E-state index in [1.54, 1.807) is 11.3 Å². The van der Waals surface area contributed by atoms with Crippen LogP contribution in [0.25, 0.3) is 11.3 Å². The van der Waals surface area contributed by atoms with E-state index in [-0.39, 0.29) is 11.9 Å². The monoisotopic (exact) mass is 301 g/mol. The van der Waals surface area contributed by atoms with Crippen molar-refractivity contribution in [1.82, 2.24) is 15.6 Å². The number of aromatic nitrogens is 1. The van der Waals surface area contributed by atoms with Gasteiger partial charge in [-0.2, -0.15) is 11.3 Å². The molecule has 1 saturated heterocycles. The van der Waals surface area contributed by atoms with Crippen molar-refractivity contribution in [2.75, 3.05) is 13.1 Å². The normalized spacial score (nSPS) is 18.4. The molecule has 0 radical (unpaired) electrons. The summed E-state index contributed by atoms with van der Waals surface area (Å²) < 4.78 is 0. The first-order valence-corrected chi connectivity index (χ1v) is 8.20. The van der Waals surface area contributed by atoms with Gasteiger partial charge in [-0.15, -0.1) is 0 Å². The standard InChI is InChI=1S/C16H19N3OS/c1-11-14(16(20)19-13-3-2-7-17-9-13)4-5-15(18-11)12-6-8-21-10-12/h4-6,8,10,13,17H,2-3,7,9H2,1H3,(H,19,20)/t13-/m0/s1. The summed E-state index contributed by atoms with van der Waals surface area (Å²) in [6, 6.07) is 6.06. The molecule has 0 spiro atoms. The number of nitrogens with zero attached hydrogens (tertiary/aromatic N) is 1. The van der Waals surface area contributed by atoms with E-state index < -0.39 is 0 Å². The Hall–Kier alpha value is -1.72. The lowest BCUT2D eigenvalue weighted by atomic mass is 10.1. The van der Waals surface area contributed by atoms with E-state index in [4.69, 9.17) is 0 Å². The van der Waals surface area contributed by atoms with Gasteiger partial charge in [-0.05, 0) is 49.9 Å². The van der Waals surface area contributed by atoms with Crippen molar-refractivity contribution in [2.45, 2.75) is 25.8 Å². The average molecular weight is 301 g/mol. The Morgan fingerprint density at radius 1 is 1.43 bits per heavy atom. The number of nitrogens with one attached hydrogen (secondary N) is 2. The predicted octanol–water partition coefficient (Wildman–Crippen LogP) is 2.60. The third-order valence-electron chi connectivity index (χ3n) is 3.78. The summed E-state index contributed by atoms with van der Waals surface area (Å²) in [5.41, 5.74) is 3.47. The van der Waals surface area contributed by atoms with E-state index >= 15 is 0 Å². The molecule has 4 nitrogen and oxygen atoms in total. The molecule has 1 aliphatic heterocycles. The molecule has 5 heteroatoms. The molecule has 1 atom stereocenters. The smallest absolute Gasteiger partial charge is 0.253 e. The van der Waals surface area contributed by atoms with Crippen molar-refractivity contribution in [1.29, 1.82) is 0 Å². The van der Waals surface area contributed by atoms with Crippen LogP contribution in [0.3, 0.4) is 0 Å². The summed E-state index contributed by atoms with van der Waals surface area (Å²) in [4.78, 5) is 16.9. The predicted molar refractivity (Wildman–Crippen MR) is 85.6 cm³/mol. The number of carbonyl (C=O) groups excluding carboxylic acids is 1. The van der Waals surface area contributed by atoms with E-state index in [2.05, 4.69) is 21.0 Å². The largest absolute Gasteiger partial charge is 0.348 e. The maximum absolute atomic E-state index is 12.4. The molecule has 21 heavy (non-hydrogen) atoms. The second kappa shape index (κ2) is 6.37. The number of aryl methyl sites for hydroxylation is 1. The highest BCUT2D eigenvalue weighted by Crippen LogP contribution is 2.21. The summed E-state index contributed by atoms with van der Waals surface area (Å²) in [5, 5.41) is 10.5. The minimum Gasteiger partial charge on any atom is -0.348 e. The topological polar surface area (TPSA) is 54.0 Å². The van der Waals surface area contributed by atoms with Gasteiger partial charge >= 0.3 is 0 Å². The van der Waals surface area contributed by atoms with E-state index in [9.17, 15) is 4.79 Å². The van der Waals surface area contributed by atoms with Gasteiger partial charge in [-0.3, -0.25) is 9.78 Å². The molecule has 2 aromatic rings. The van der Waals surface area contributed by atoms with Crippen molar-refractivity contribution in [3.05, 3.63) is 40.2 Å². The molecule has 3 heterocycles.